The van der Waals surface area contributed by atoms with Gasteiger partial charge in [-0.05, 0) is 6.42 Å². The number of carbonyl (C=O) groups is 3. The minimum absolute atomic E-state index is 0.0253. The predicted molar refractivity (Wildman–Crippen MR) is 79.2 cm³/mol. The van der Waals surface area contributed by atoms with Crippen molar-refractivity contribution >= 4 is 18.5 Å². The standard InChI is InChI=1S/C15H20O12/c1-2-15(6-22-9-3-19-12(16)25-9,7-23-10-4-20-13(17)26-10)8-24-11-5-21-14(18)27-11/h9-11H,2-8H2,1H3. The molecule has 3 rings (SSSR count). The number of hydrogen-bond acceptors (Lipinski definition) is 12. The number of hydrogen-bond donors (Lipinski definition) is 0. The van der Waals surface area contributed by atoms with Gasteiger partial charge in [0.2, 0.25) is 18.9 Å². The molecule has 27 heavy (non-hydrogen) atoms. The minimum Gasteiger partial charge on any atom is -0.428 e. The van der Waals surface area contributed by atoms with Crippen LogP contribution in [0.5, 0.6) is 0 Å². The first-order chi connectivity index (χ1) is 13.0. The third-order valence-electron chi connectivity index (χ3n) is 4.17. The van der Waals surface area contributed by atoms with E-state index in [1.807, 2.05) is 6.92 Å². The SMILES string of the molecule is CCC(COC1COC(=O)O1)(COC1COC(=O)O1)COC1COC(=O)O1. The normalized spacial score (nSPS) is 29.2. The Labute approximate surface area is 153 Å². The number of rotatable bonds is 10. The van der Waals surface area contributed by atoms with Crippen molar-refractivity contribution in [2.75, 3.05) is 39.6 Å². The molecule has 3 heterocycles. The van der Waals surface area contributed by atoms with Crippen molar-refractivity contribution < 1.29 is 57.0 Å². The highest BCUT2D eigenvalue weighted by Gasteiger charge is 2.38. The van der Waals surface area contributed by atoms with Gasteiger partial charge in [0.1, 0.15) is 0 Å². The van der Waals surface area contributed by atoms with E-state index in [0.717, 1.165) is 0 Å². The van der Waals surface area contributed by atoms with Gasteiger partial charge in [-0.15, -0.1) is 0 Å². The fraction of sp³-hybridized carbons (Fsp3) is 0.800. The van der Waals surface area contributed by atoms with Crippen molar-refractivity contribution in [3.63, 3.8) is 0 Å². The first-order valence-corrected chi connectivity index (χ1v) is 8.33. The maximum absolute atomic E-state index is 11.0. The third-order valence-corrected chi connectivity index (χ3v) is 4.17. The van der Waals surface area contributed by atoms with Crippen LogP contribution in [0.4, 0.5) is 14.4 Å². The fourth-order valence-corrected chi connectivity index (χ4v) is 2.42. The zero-order valence-electron chi connectivity index (χ0n) is 14.6. The highest BCUT2D eigenvalue weighted by Crippen LogP contribution is 2.28. The lowest BCUT2D eigenvalue weighted by atomic mass is 9.88. The Morgan fingerprint density at radius 2 is 1.07 bits per heavy atom. The first-order valence-electron chi connectivity index (χ1n) is 8.33. The van der Waals surface area contributed by atoms with Gasteiger partial charge in [0.05, 0.1) is 19.8 Å². The molecule has 12 heteroatoms. The molecule has 3 atom stereocenters. The van der Waals surface area contributed by atoms with E-state index in [4.69, 9.17) is 28.4 Å². The van der Waals surface area contributed by atoms with E-state index in [2.05, 4.69) is 14.2 Å². The van der Waals surface area contributed by atoms with Gasteiger partial charge in [0, 0.05) is 5.41 Å². The van der Waals surface area contributed by atoms with Gasteiger partial charge in [-0.3, -0.25) is 0 Å². The molecule has 0 saturated carbocycles. The molecule has 0 aromatic heterocycles. The van der Waals surface area contributed by atoms with Crippen molar-refractivity contribution in [3.05, 3.63) is 0 Å². The Bertz CT molecular complexity index is 489. The molecule has 12 nitrogen and oxygen atoms in total. The molecule has 3 aliphatic rings. The molecule has 3 saturated heterocycles. The van der Waals surface area contributed by atoms with Gasteiger partial charge in [0.15, 0.2) is 19.8 Å². The topological polar surface area (TPSA) is 134 Å². The lowest BCUT2D eigenvalue weighted by Crippen LogP contribution is -2.41. The highest BCUT2D eigenvalue weighted by atomic mass is 16.8. The molecule has 0 N–H and O–H groups in total. The van der Waals surface area contributed by atoms with Gasteiger partial charge >= 0.3 is 18.5 Å². The molecule has 0 radical (unpaired) electrons. The Hall–Kier alpha value is -2.31. The maximum Gasteiger partial charge on any atom is 0.510 e. The van der Waals surface area contributed by atoms with Crippen LogP contribution < -0.4 is 0 Å². The van der Waals surface area contributed by atoms with Crippen LogP contribution in [0.1, 0.15) is 13.3 Å². The first kappa shape index (κ1) is 19.5. The Kier molecular flexibility index (Phi) is 6.19. The monoisotopic (exact) mass is 392 g/mol. The van der Waals surface area contributed by atoms with E-state index >= 15 is 0 Å². The van der Waals surface area contributed by atoms with E-state index < -0.39 is 42.8 Å². The molecule has 0 spiro atoms. The van der Waals surface area contributed by atoms with Crippen LogP contribution in [0.15, 0.2) is 0 Å². The summed E-state index contributed by atoms with van der Waals surface area (Å²) in [5.74, 6) is 0. The van der Waals surface area contributed by atoms with Crippen molar-refractivity contribution in [1.82, 2.24) is 0 Å². The molecule has 152 valence electrons. The van der Waals surface area contributed by atoms with Crippen molar-refractivity contribution in [1.29, 1.82) is 0 Å². The Morgan fingerprint density at radius 3 is 1.30 bits per heavy atom. The summed E-state index contributed by atoms with van der Waals surface area (Å²) in [7, 11) is 0. The fourth-order valence-electron chi connectivity index (χ4n) is 2.42. The second-order valence-electron chi connectivity index (χ2n) is 6.11. The van der Waals surface area contributed by atoms with E-state index in [-0.39, 0.29) is 39.6 Å². The lowest BCUT2D eigenvalue weighted by molar-refractivity contribution is -0.182. The lowest BCUT2D eigenvalue weighted by Gasteiger charge is -2.33. The van der Waals surface area contributed by atoms with Gasteiger partial charge < -0.3 is 42.6 Å². The summed E-state index contributed by atoms with van der Waals surface area (Å²) in [6.45, 7) is 2.03. The quantitative estimate of drug-likeness (QED) is 0.386. The Morgan fingerprint density at radius 1 is 0.741 bits per heavy atom. The summed E-state index contributed by atoms with van der Waals surface area (Å²) < 4.78 is 45.3. The highest BCUT2D eigenvalue weighted by molar-refractivity contribution is 5.62. The van der Waals surface area contributed by atoms with Gasteiger partial charge in [-0.2, -0.15) is 0 Å². The average Bonchev–Trinajstić information content (AvgIpc) is 3.37. The van der Waals surface area contributed by atoms with E-state index in [0.29, 0.717) is 6.42 Å². The van der Waals surface area contributed by atoms with Crippen molar-refractivity contribution in [3.8, 4) is 0 Å². The van der Waals surface area contributed by atoms with Crippen LogP contribution in [0.25, 0.3) is 0 Å². The molecule has 0 aliphatic carbocycles. The predicted octanol–water partition coefficient (Wildman–Crippen LogP) is 0.911. The molecule has 0 aromatic carbocycles. The summed E-state index contributed by atoms with van der Waals surface area (Å²) in [4.78, 5) is 33.0. The second kappa shape index (κ2) is 8.59. The maximum atomic E-state index is 11.0. The minimum atomic E-state index is -0.844. The summed E-state index contributed by atoms with van der Waals surface area (Å²) in [6.07, 6.45) is -4.42. The third kappa shape index (κ3) is 5.34. The van der Waals surface area contributed by atoms with E-state index in [1.165, 1.54) is 0 Å². The Balaban J connectivity index is 1.56. The molecule has 3 fully saturated rings. The zero-order valence-corrected chi connectivity index (χ0v) is 14.6. The van der Waals surface area contributed by atoms with Gasteiger partial charge in [-0.1, -0.05) is 6.92 Å². The largest absolute Gasteiger partial charge is 0.510 e. The van der Waals surface area contributed by atoms with Gasteiger partial charge in [0.25, 0.3) is 0 Å². The van der Waals surface area contributed by atoms with Crippen LogP contribution in [-0.2, 0) is 42.6 Å². The molecule has 0 bridgehead atoms. The summed E-state index contributed by atoms with van der Waals surface area (Å²) >= 11 is 0. The molecular formula is C15H20O12. The van der Waals surface area contributed by atoms with Crippen molar-refractivity contribution in [2.45, 2.75) is 32.2 Å². The number of ether oxygens (including phenoxy) is 9. The second-order valence-corrected chi connectivity index (χ2v) is 6.11. The van der Waals surface area contributed by atoms with E-state index in [9.17, 15) is 14.4 Å². The molecular weight excluding hydrogens is 372 g/mol. The average molecular weight is 392 g/mol. The molecule has 3 aliphatic heterocycles. The summed E-state index contributed by atoms with van der Waals surface area (Å²) in [6, 6.07) is 0. The van der Waals surface area contributed by atoms with Crippen molar-refractivity contribution in [2.24, 2.45) is 5.41 Å². The summed E-state index contributed by atoms with van der Waals surface area (Å²) in [5.41, 5.74) is -0.723. The van der Waals surface area contributed by atoms with Crippen LogP contribution in [0, 0.1) is 5.41 Å². The van der Waals surface area contributed by atoms with Crippen LogP contribution >= 0.6 is 0 Å². The number of carbonyl (C=O) groups excluding carboxylic acids is 3. The van der Waals surface area contributed by atoms with Crippen LogP contribution in [0.3, 0.4) is 0 Å². The van der Waals surface area contributed by atoms with Crippen LogP contribution in [0.2, 0.25) is 0 Å². The molecule has 0 aromatic rings. The molecule has 3 unspecified atom stereocenters. The summed E-state index contributed by atoms with van der Waals surface area (Å²) in [5, 5.41) is 0. The smallest absolute Gasteiger partial charge is 0.428 e. The molecule has 0 amide bonds. The van der Waals surface area contributed by atoms with Gasteiger partial charge in [-0.25, -0.2) is 14.4 Å². The van der Waals surface area contributed by atoms with Crippen LogP contribution in [-0.4, -0.2) is 77.0 Å². The number of cyclic esters (lactones) is 6. The zero-order chi connectivity index (χ0) is 19.3. The van der Waals surface area contributed by atoms with E-state index in [1.54, 1.807) is 0 Å².